The molecule has 0 unspecified atom stereocenters. The topological polar surface area (TPSA) is 86.3 Å². The van der Waals surface area contributed by atoms with Crippen LogP contribution in [0.4, 0.5) is 4.79 Å². The molecule has 1 aromatic rings. The van der Waals surface area contributed by atoms with Crippen LogP contribution in [-0.4, -0.2) is 55.2 Å². The number of quaternary nitrogens is 1. The van der Waals surface area contributed by atoms with Crippen molar-refractivity contribution >= 4 is 6.09 Å². The van der Waals surface area contributed by atoms with E-state index in [1.807, 2.05) is 25.1 Å². The van der Waals surface area contributed by atoms with Crippen molar-refractivity contribution in [1.29, 1.82) is 0 Å². The Morgan fingerprint density at radius 1 is 1.41 bits per heavy atom. The number of nitrogens with two attached hydrogens (primary N) is 1. The lowest BCUT2D eigenvalue weighted by atomic mass is 10.1. The van der Waals surface area contributed by atoms with Crippen molar-refractivity contribution in [1.82, 2.24) is 10.3 Å². The van der Waals surface area contributed by atoms with Gasteiger partial charge >= 0.3 is 6.09 Å². The Kier molecular flexibility index (Phi) is 4.87. The predicted octanol–water partition coefficient (Wildman–Crippen LogP) is -0.574. The molecule has 3 heterocycles. The number of ether oxygens (including phenoxy) is 3. The second-order valence-corrected chi connectivity index (χ2v) is 5.49. The first-order chi connectivity index (χ1) is 10.8. The van der Waals surface area contributed by atoms with Crippen molar-refractivity contribution in [3.63, 3.8) is 0 Å². The predicted molar refractivity (Wildman–Crippen MR) is 77.1 cm³/mol. The van der Waals surface area contributed by atoms with E-state index in [-0.39, 0.29) is 24.4 Å². The number of rotatable bonds is 5. The van der Waals surface area contributed by atoms with Crippen molar-refractivity contribution in [3.8, 4) is 0 Å². The summed E-state index contributed by atoms with van der Waals surface area (Å²) >= 11 is 0. The van der Waals surface area contributed by atoms with Crippen LogP contribution in [0.25, 0.3) is 0 Å². The molecule has 3 N–H and O–H groups in total. The number of nitrogens with one attached hydrogen (secondary N) is 1. The number of pyridine rings is 1. The summed E-state index contributed by atoms with van der Waals surface area (Å²) in [5, 5.41) is 4.80. The molecule has 4 atom stereocenters. The van der Waals surface area contributed by atoms with Gasteiger partial charge in [-0.1, -0.05) is 6.07 Å². The molecular formula is C15H22N3O4+. The third-order valence-electron chi connectivity index (χ3n) is 3.98. The number of amides is 1. The summed E-state index contributed by atoms with van der Waals surface area (Å²) in [7, 11) is 0. The Bertz CT molecular complexity index is 499. The quantitative estimate of drug-likeness (QED) is 0.760. The van der Waals surface area contributed by atoms with E-state index in [9.17, 15) is 4.79 Å². The van der Waals surface area contributed by atoms with Crippen LogP contribution < -0.4 is 10.6 Å². The van der Waals surface area contributed by atoms with Gasteiger partial charge in [0.25, 0.3) is 0 Å². The number of hydrogen-bond donors (Lipinski definition) is 2. The second-order valence-electron chi connectivity index (χ2n) is 5.49. The summed E-state index contributed by atoms with van der Waals surface area (Å²) in [5.41, 5.74) is 1.03. The summed E-state index contributed by atoms with van der Waals surface area (Å²) in [5.74, 6) is 0. The highest BCUT2D eigenvalue weighted by Gasteiger charge is 2.51. The molecule has 0 aromatic carbocycles. The van der Waals surface area contributed by atoms with Gasteiger partial charge in [-0.05, 0) is 19.1 Å². The van der Waals surface area contributed by atoms with E-state index in [1.54, 1.807) is 6.20 Å². The van der Waals surface area contributed by atoms with Crippen LogP contribution in [0.2, 0.25) is 0 Å². The lowest BCUT2D eigenvalue weighted by Gasteiger charge is -2.16. The van der Waals surface area contributed by atoms with Gasteiger partial charge in [-0.3, -0.25) is 4.98 Å². The lowest BCUT2D eigenvalue weighted by Crippen LogP contribution is -2.91. The van der Waals surface area contributed by atoms with Crippen LogP contribution in [0, 0.1) is 0 Å². The van der Waals surface area contributed by atoms with Gasteiger partial charge < -0.3 is 24.8 Å². The monoisotopic (exact) mass is 308 g/mol. The molecule has 0 bridgehead atoms. The minimum absolute atomic E-state index is 0.0388. The summed E-state index contributed by atoms with van der Waals surface area (Å²) in [6.07, 6.45) is 0.834. The Hall–Kier alpha value is -1.70. The molecular weight excluding hydrogens is 286 g/mol. The number of alkyl carbamates (subject to hydrolysis) is 1. The molecule has 7 heteroatoms. The van der Waals surface area contributed by atoms with Gasteiger partial charge in [0.2, 0.25) is 0 Å². The molecule has 22 heavy (non-hydrogen) atoms. The molecule has 0 aliphatic carbocycles. The van der Waals surface area contributed by atoms with Gasteiger partial charge in [-0.15, -0.1) is 0 Å². The third kappa shape index (κ3) is 3.37. The van der Waals surface area contributed by atoms with Gasteiger partial charge in [0, 0.05) is 12.7 Å². The maximum absolute atomic E-state index is 11.5. The highest BCUT2D eigenvalue weighted by molar-refractivity contribution is 5.67. The molecule has 1 aromatic heterocycles. The van der Waals surface area contributed by atoms with Gasteiger partial charge in [-0.25, -0.2) is 4.79 Å². The van der Waals surface area contributed by atoms with Crippen LogP contribution in [0.1, 0.15) is 12.6 Å². The Balaban J connectivity index is 1.50. The SMILES string of the molecule is CCNC(=O)O[C@@H]1CO[C@H]2[C@@H]1OC[C@@H]2[NH2+]Cc1ccccn1. The number of carbonyl (C=O) groups is 1. The van der Waals surface area contributed by atoms with Crippen LogP contribution >= 0.6 is 0 Å². The molecule has 0 saturated carbocycles. The molecule has 0 spiro atoms. The minimum atomic E-state index is -0.415. The van der Waals surface area contributed by atoms with Gasteiger partial charge in [0.1, 0.15) is 31.4 Å². The standard InChI is InChI=1S/C15H21N3O4/c1-2-16-15(19)22-12-9-21-13-11(8-20-14(12)13)18-7-10-5-3-4-6-17-10/h3-6,11-14,18H,2,7-9H2,1H3,(H,16,19)/p+1/t11-,12+,13+,14+/m0/s1. The molecule has 2 aliphatic rings. The highest BCUT2D eigenvalue weighted by atomic mass is 16.6. The minimum Gasteiger partial charge on any atom is -0.441 e. The zero-order chi connectivity index (χ0) is 15.4. The zero-order valence-electron chi connectivity index (χ0n) is 12.6. The fraction of sp³-hybridized carbons (Fsp3) is 0.600. The normalized spacial score (nSPS) is 30.0. The summed E-state index contributed by atoms with van der Waals surface area (Å²) in [6, 6.07) is 6.09. The average Bonchev–Trinajstić information content (AvgIpc) is 3.10. The number of carbonyl (C=O) groups excluding carboxylic acids is 1. The first-order valence-corrected chi connectivity index (χ1v) is 7.69. The van der Waals surface area contributed by atoms with E-state index >= 15 is 0 Å². The van der Waals surface area contributed by atoms with Crippen LogP contribution in [-0.2, 0) is 20.8 Å². The lowest BCUT2D eigenvalue weighted by molar-refractivity contribution is -0.708. The van der Waals surface area contributed by atoms with Crippen molar-refractivity contribution in [2.75, 3.05) is 19.8 Å². The van der Waals surface area contributed by atoms with Crippen molar-refractivity contribution in [2.24, 2.45) is 0 Å². The molecule has 2 aliphatic heterocycles. The fourth-order valence-corrected chi connectivity index (χ4v) is 2.91. The van der Waals surface area contributed by atoms with Gasteiger partial charge in [0.15, 0.2) is 6.10 Å². The number of fused-ring (bicyclic) bond motifs is 1. The van der Waals surface area contributed by atoms with Crippen LogP contribution in [0.3, 0.4) is 0 Å². The Labute approximate surface area is 129 Å². The third-order valence-corrected chi connectivity index (χ3v) is 3.98. The van der Waals surface area contributed by atoms with E-state index in [4.69, 9.17) is 14.2 Å². The molecule has 2 saturated heterocycles. The van der Waals surface area contributed by atoms with E-state index in [0.29, 0.717) is 19.8 Å². The largest absolute Gasteiger partial charge is 0.441 e. The first kappa shape index (κ1) is 15.2. The first-order valence-electron chi connectivity index (χ1n) is 7.69. The van der Waals surface area contributed by atoms with Crippen LogP contribution in [0.5, 0.6) is 0 Å². The average molecular weight is 308 g/mol. The molecule has 3 rings (SSSR count). The number of nitrogens with zero attached hydrogens (tertiary/aromatic N) is 1. The molecule has 2 fully saturated rings. The number of hydrogen-bond acceptors (Lipinski definition) is 5. The number of aromatic nitrogens is 1. The van der Waals surface area contributed by atoms with Crippen LogP contribution in [0.15, 0.2) is 24.4 Å². The van der Waals surface area contributed by atoms with Crippen molar-refractivity contribution in [2.45, 2.75) is 37.8 Å². The van der Waals surface area contributed by atoms with Crippen molar-refractivity contribution in [3.05, 3.63) is 30.1 Å². The second kappa shape index (κ2) is 7.04. The zero-order valence-corrected chi connectivity index (χ0v) is 12.6. The van der Waals surface area contributed by atoms with Crippen molar-refractivity contribution < 1.29 is 24.3 Å². The van der Waals surface area contributed by atoms with Gasteiger partial charge in [0.05, 0.1) is 12.3 Å². The summed E-state index contributed by atoms with van der Waals surface area (Å²) in [4.78, 5) is 15.8. The summed E-state index contributed by atoms with van der Waals surface area (Å²) in [6.45, 7) is 4.16. The molecule has 7 nitrogen and oxygen atoms in total. The smallest absolute Gasteiger partial charge is 0.407 e. The van der Waals surface area contributed by atoms with Gasteiger partial charge in [-0.2, -0.15) is 0 Å². The maximum atomic E-state index is 11.5. The fourth-order valence-electron chi connectivity index (χ4n) is 2.91. The van der Waals surface area contributed by atoms with E-state index in [0.717, 1.165) is 12.2 Å². The Morgan fingerprint density at radius 3 is 3.05 bits per heavy atom. The van der Waals surface area contributed by atoms with E-state index in [2.05, 4.69) is 15.6 Å². The van der Waals surface area contributed by atoms with E-state index < -0.39 is 6.09 Å². The molecule has 0 radical (unpaired) electrons. The molecule has 1 amide bonds. The Morgan fingerprint density at radius 2 is 2.27 bits per heavy atom. The molecule has 120 valence electrons. The van der Waals surface area contributed by atoms with E-state index in [1.165, 1.54) is 0 Å². The highest BCUT2D eigenvalue weighted by Crippen LogP contribution is 2.27. The summed E-state index contributed by atoms with van der Waals surface area (Å²) < 4.78 is 16.9. The maximum Gasteiger partial charge on any atom is 0.407 e.